The number of nitrogens with one attached hydrogen (secondary N) is 2. The molecule has 1 saturated heterocycles. The second-order valence-electron chi connectivity index (χ2n) is 10.3. The Bertz CT molecular complexity index is 1460. The van der Waals surface area contributed by atoms with Crippen molar-refractivity contribution in [1.29, 1.82) is 5.26 Å². The number of likely N-dealkylation sites (tertiary alicyclic amines) is 1. The Labute approximate surface area is 218 Å². The normalized spacial score (nSPS) is 23.1. The number of carbonyl (C=O) groups excluding carboxylic acids is 3. The molecule has 2 N–H and O–H groups in total. The molecule has 0 radical (unpaired) electrons. The maximum absolute atomic E-state index is 14.1. The number of anilines is 1. The van der Waals surface area contributed by atoms with Crippen LogP contribution >= 0.6 is 11.6 Å². The van der Waals surface area contributed by atoms with Crippen LogP contribution in [0.3, 0.4) is 0 Å². The number of fused-ring (bicyclic) bond motifs is 3. The number of carbonyl (C=O) groups is 3. The zero-order chi connectivity index (χ0) is 25.9. The summed E-state index contributed by atoms with van der Waals surface area (Å²) in [7, 11) is 1.63. The average Bonchev–Trinajstić information content (AvgIpc) is 3.38. The number of nitriles is 1. The van der Waals surface area contributed by atoms with Crippen LogP contribution in [0, 0.1) is 17.2 Å². The highest BCUT2D eigenvalue weighted by molar-refractivity contribution is 6.31. The lowest BCUT2D eigenvalue weighted by Gasteiger charge is -2.32. The Balaban J connectivity index is 1.31. The Morgan fingerprint density at radius 2 is 2.14 bits per heavy atom. The predicted octanol–water partition coefficient (Wildman–Crippen LogP) is 3.47. The van der Waals surface area contributed by atoms with Crippen molar-refractivity contribution in [3.63, 3.8) is 0 Å². The molecule has 2 fully saturated rings. The fourth-order valence-electron chi connectivity index (χ4n) is 5.70. The van der Waals surface area contributed by atoms with E-state index in [4.69, 9.17) is 11.6 Å². The molecule has 9 nitrogen and oxygen atoms in total. The highest BCUT2D eigenvalue weighted by Gasteiger charge is 2.57. The van der Waals surface area contributed by atoms with Gasteiger partial charge in [0, 0.05) is 54.0 Å². The van der Waals surface area contributed by atoms with Gasteiger partial charge in [0.2, 0.25) is 11.8 Å². The molecule has 0 bridgehead atoms. The molecule has 3 aliphatic rings. The van der Waals surface area contributed by atoms with Gasteiger partial charge in [-0.15, -0.1) is 0 Å². The van der Waals surface area contributed by atoms with Crippen molar-refractivity contribution in [3.05, 3.63) is 59.0 Å². The van der Waals surface area contributed by atoms with Crippen molar-refractivity contribution in [2.75, 3.05) is 18.9 Å². The van der Waals surface area contributed by atoms with Crippen molar-refractivity contribution >= 4 is 45.9 Å². The molecule has 1 aliphatic carbocycles. The summed E-state index contributed by atoms with van der Waals surface area (Å²) in [4.78, 5) is 50.9. The van der Waals surface area contributed by atoms with Gasteiger partial charge >= 0.3 is 0 Å². The average molecular weight is 517 g/mol. The van der Waals surface area contributed by atoms with Crippen LogP contribution in [0.25, 0.3) is 10.9 Å². The van der Waals surface area contributed by atoms with E-state index in [9.17, 15) is 19.6 Å². The van der Waals surface area contributed by atoms with Crippen molar-refractivity contribution < 1.29 is 14.4 Å². The summed E-state index contributed by atoms with van der Waals surface area (Å²) in [6.45, 7) is 0.0600. The Kier molecular flexibility index (Phi) is 5.46. The molecule has 1 saturated carbocycles. The van der Waals surface area contributed by atoms with Crippen LogP contribution in [-0.4, -0.2) is 63.2 Å². The summed E-state index contributed by atoms with van der Waals surface area (Å²) in [5.41, 5.74) is 1.46. The number of aromatic amines is 1. The quantitative estimate of drug-likeness (QED) is 0.537. The third-order valence-corrected chi connectivity index (χ3v) is 8.18. The van der Waals surface area contributed by atoms with Crippen LogP contribution in [0.2, 0.25) is 5.02 Å². The molecule has 3 aromatic rings. The molecule has 188 valence electrons. The third-order valence-electron chi connectivity index (χ3n) is 7.95. The van der Waals surface area contributed by atoms with Crippen molar-refractivity contribution in [1.82, 2.24) is 19.8 Å². The summed E-state index contributed by atoms with van der Waals surface area (Å²) in [6.07, 6.45) is 6.02. The van der Waals surface area contributed by atoms with Gasteiger partial charge in [-0.05, 0) is 48.2 Å². The van der Waals surface area contributed by atoms with Crippen molar-refractivity contribution in [2.24, 2.45) is 5.92 Å². The second-order valence-corrected chi connectivity index (χ2v) is 10.7. The van der Waals surface area contributed by atoms with Gasteiger partial charge in [0.25, 0.3) is 5.91 Å². The Morgan fingerprint density at radius 3 is 2.86 bits per heavy atom. The standard InChI is InChI=1S/C27H25ClN6O3/c1-33(24(35)22-9-16-13-30-7-6-20(16)31-22)23(8-15-2-3-15)25(36)34-14-27(11-18(34)12-29)19-10-17(28)4-5-21(19)32-26(27)37/h4-7,9-10,13,15,18,23,31H,2-3,8,11,14H2,1H3,(H,32,37)/t18-,23-,27?/m0/s1. The number of hydrogen-bond acceptors (Lipinski definition) is 5. The van der Waals surface area contributed by atoms with Crippen LogP contribution < -0.4 is 5.32 Å². The molecule has 3 amide bonds. The van der Waals surface area contributed by atoms with Crippen molar-refractivity contribution in [2.45, 2.75) is 43.2 Å². The smallest absolute Gasteiger partial charge is 0.270 e. The minimum absolute atomic E-state index is 0.0600. The number of amides is 3. The van der Waals surface area contributed by atoms with Crippen LogP contribution in [0.1, 0.15) is 41.7 Å². The van der Waals surface area contributed by atoms with E-state index in [0.717, 1.165) is 23.7 Å². The highest BCUT2D eigenvalue weighted by Crippen LogP contribution is 2.47. The lowest BCUT2D eigenvalue weighted by atomic mass is 9.80. The van der Waals surface area contributed by atoms with Crippen LogP contribution in [0.15, 0.2) is 42.7 Å². The maximum atomic E-state index is 14.1. The SMILES string of the molecule is CN(C(=O)c1cc2cnccc2[nH]1)[C@@H](CC1CC1)C(=O)N1CC2(C[C@H]1C#N)C(=O)Nc1ccc(Cl)cc12. The number of pyridine rings is 1. The molecule has 10 heteroatoms. The monoisotopic (exact) mass is 516 g/mol. The minimum atomic E-state index is -1.05. The van der Waals surface area contributed by atoms with Gasteiger partial charge in [0.15, 0.2) is 0 Å². The van der Waals surface area contributed by atoms with Gasteiger partial charge in [0.1, 0.15) is 17.8 Å². The number of halogens is 1. The Morgan fingerprint density at radius 1 is 1.32 bits per heavy atom. The summed E-state index contributed by atoms with van der Waals surface area (Å²) < 4.78 is 0. The number of rotatable bonds is 5. The van der Waals surface area contributed by atoms with E-state index in [0.29, 0.717) is 34.3 Å². The lowest BCUT2D eigenvalue weighted by molar-refractivity contribution is -0.136. The molecule has 2 aromatic heterocycles. The minimum Gasteiger partial charge on any atom is -0.350 e. The van der Waals surface area contributed by atoms with Crippen LogP contribution in [-0.2, 0) is 15.0 Å². The molecule has 1 spiro atoms. The number of aromatic nitrogens is 2. The first-order valence-corrected chi connectivity index (χ1v) is 12.7. The molecule has 6 rings (SSSR count). The van der Waals surface area contributed by atoms with Gasteiger partial charge in [-0.2, -0.15) is 5.26 Å². The molecule has 2 aliphatic heterocycles. The lowest BCUT2D eigenvalue weighted by Crippen LogP contribution is -2.51. The van der Waals surface area contributed by atoms with Crippen molar-refractivity contribution in [3.8, 4) is 6.07 Å². The molecular weight excluding hydrogens is 492 g/mol. The van der Waals surface area contributed by atoms with Gasteiger partial charge in [-0.3, -0.25) is 19.4 Å². The highest BCUT2D eigenvalue weighted by atomic mass is 35.5. The van der Waals surface area contributed by atoms with Gasteiger partial charge in [0.05, 0.1) is 11.5 Å². The Hall–Kier alpha value is -3.90. The third kappa shape index (κ3) is 3.83. The number of hydrogen-bond donors (Lipinski definition) is 2. The van der Waals surface area contributed by atoms with E-state index in [-0.39, 0.29) is 30.7 Å². The summed E-state index contributed by atoms with van der Waals surface area (Å²) in [5, 5.41) is 14.2. The zero-order valence-electron chi connectivity index (χ0n) is 20.2. The second kappa shape index (κ2) is 8.60. The molecule has 1 aromatic carbocycles. The van der Waals surface area contributed by atoms with Gasteiger partial charge < -0.3 is 20.1 Å². The summed E-state index contributed by atoms with van der Waals surface area (Å²) in [6, 6.07) is 9.38. The first-order chi connectivity index (χ1) is 17.8. The molecule has 3 atom stereocenters. The van der Waals surface area contributed by atoms with E-state index in [2.05, 4.69) is 21.4 Å². The molecule has 1 unspecified atom stereocenters. The number of nitrogens with zero attached hydrogens (tertiary/aromatic N) is 4. The fourth-order valence-corrected chi connectivity index (χ4v) is 5.87. The first kappa shape index (κ1) is 23.5. The van der Waals surface area contributed by atoms with E-state index >= 15 is 0 Å². The fraction of sp³-hybridized carbons (Fsp3) is 0.370. The first-order valence-electron chi connectivity index (χ1n) is 12.3. The number of likely N-dealkylation sites (N-methyl/N-ethyl adjacent to an activating group) is 1. The van der Waals surface area contributed by atoms with Crippen LogP contribution in [0.5, 0.6) is 0 Å². The maximum Gasteiger partial charge on any atom is 0.270 e. The van der Waals surface area contributed by atoms with Gasteiger partial charge in [-0.1, -0.05) is 24.4 Å². The molecule has 4 heterocycles. The molecule has 37 heavy (non-hydrogen) atoms. The van der Waals surface area contributed by atoms with E-state index in [1.165, 1.54) is 9.80 Å². The number of H-pyrrole nitrogens is 1. The topological polar surface area (TPSA) is 122 Å². The summed E-state index contributed by atoms with van der Waals surface area (Å²) in [5.74, 6) is -0.515. The van der Waals surface area contributed by atoms with E-state index < -0.39 is 17.5 Å². The van der Waals surface area contributed by atoms with Crippen LogP contribution in [0.4, 0.5) is 5.69 Å². The largest absolute Gasteiger partial charge is 0.350 e. The van der Waals surface area contributed by atoms with E-state index in [1.54, 1.807) is 49.8 Å². The molecular formula is C27H25ClN6O3. The zero-order valence-corrected chi connectivity index (χ0v) is 21.0. The van der Waals surface area contributed by atoms with E-state index in [1.807, 2.05) is 0 Å². The number of benzene rings is 1. The summed E-state index contributed by atoms with van der Waals surface area (Å²) >= 11 is 6.24. The van der Waals surface area contributed by atoms with Gasteiger partial charge in [-0.25, -0.2) is 0 Å². The predicted molar refractivity (Wildman–Crippen MR) is 137 cm³/mol.